The van der Waals surface area contributed by atoms with E-state index in [1.807, 2.05) is 24.3 Å². The predicted molar refractivity (Wildman–Crippen MR) is 106 cm³/mol. The van der Waals surface area contributed by atoms with Gasteiger partial charge in [0, 0.05) is 5.56 Å². The van der Waals surface area contributed by atoms with Gasteiger partial charge in [0.15, 0.2) is 11.5 Å². The topological polar surface area (TPSA) is 77.9 Å². The number of nitrogens with zero attached hydrogens (tertiary/aromatic N) is 1. The molecule has 7 heteroatoms. The highest BCUT2D eigenvalue weighted by molar-refractivity contribution is 7.19. The van der Waals surface area contributed by atoms with Crippen molar-refractivity contribution in [3.63, 3.8) is 0 Å². The standard InChI is InChI=1S/C20H19NO5S/c1-24-15-9-8-12(18(25-2)19(15)26-3)10-13(11-17(22)23)20-21-14-6-4-5-7-16(14)27-20/h4-10H,11H2,1-3H3,(H,22,23). The summed E-state index contributed by atoms with van der Waals surface area (Å²) in [4.78, 5) is 16.0. The lowest BCUT2D eigenvalue weighted by Crippen LogP contribution is -1.99. The van der Waals surface area contributed by atoms with Crippen molar-refractivity contribution in [1.29, 1.82) is 0 Å². The van der Waals surface area contributed by atoms with Gasteiger partial charge in [0.25, 0.3) is 0 Å². The summed E-state index contributed by atoms with van der Waals surface area (Å²) in [5.74, 6) is 0.528. The van der Waals surface area contributed by atoms with Crippen molar-refractivity contribution >= 4 is 39.2 Å². The van der Waals surface area contributed by atoms with Gasteiger partial charge in [-0.15, -0.1) is 11.3 Å². The Balaban J connectivity index is 2.15. The molecule has 3 rings (SSSR count). The van der Waals surface area contributed by atoms with Gasteiger partial charge in [-0.05, 0) is 35.9 Å². The second-order valence-electron chi connectivity index (χ2n) is 5.65. The molecule has 0 fully saturated rings. The summed E-state index contributed by atoms with van der Waals surface area (Å²) < 4.78 is 17.2. The zero-order chi connectivity index (χ0) is 19.4. The maximum absolute atomic E-state index is 11.4. The first-order valence-corrected chi connectivity index (χ1v) is 8.96. The molecule has 0 saturated heterocycles. The summed E-state index contributed by atoms with van der Waals surface area (Å²) >= 11 is 1.46. The largest absolute Gasteiger partial charge is 0.493 e. The lowest BCUT2D eigenvalue weighted by molar-refractivity contribution is -0.135. The molecule has 0 aliphatic carbocycles. The quantitative estimate of drug-likeness (QED) is 0.652. The van der Waals surface area contributed by atoms with Crippen molar-refractivity contribution in [2.75, 3.05) is 21.3 Å². The zero-order valence-corrected chi connectivity index (χ0v) is 16.0. The summed E-state index contributed by atoms with van der Waals surface area (Å²) in [6, 6.07) is 11.3. The van der Waals surface area contributed by atoms with E-state index in [0.29, 0.717) is 33.4 Å². The minimum Gasteiger partial charge on any atom is -0.493 e. The van der Waals surface area contributed by atoms with Crippen LogP contribution in [0.5, 0.6) is 17.2 Å². The van der Waals surface area contributed by atoms with Crippen molar-refractivity contribution in [3.8, 4) is 17.2 Å². The Hall–Kier alpha value is -3.06. The molecule has 0 spiro atoms. The Labute approximate surface area is 160 Å². The summed E-state index contributed by atoms with van der Waals surface area (Å²) in [5, 5.41) is 10.0. The predicted octanol–water partition coefficient (Wildman–Crippen LogP) is 4.34. The third-order valence-corrected chi connectivity index (χ3v) is 5.09. The van der Waals surface area contributed by atoms with Gasteiger partial charge in [-0.3, -0.25) is 4.79 Å². The molecule has 0 radical (unpaired) electrons. The number of thiazole rings is 1. The molecule has 0 aliphatic heterocycles. The third kappa shape index (κ3) is 3.88. The molecule has 0 aliphatic rings. The van der Waals surface area contributed by atoms with Crippen LogP contribution in [0.15, 0.2) is 36.4 Å². The van der Waals surface area contributed by atoms with Crippen molar-refractivity contribution in [2.24, 2.45) is 0 Å². The molecular formula is C20H19NO5S. The van der Waals surface area contributed by atoms with E-state index in [1.54, 1.807) is 25.3 Å². The van der Waals surface area contributed by atoms with Crippen LogP contribution in [0.25, 0.3) is 21.9 Å². The summed E-state index contributed by atoms with van der Waals surface area (Å²) in [6.45, 7) is 0. The number of ether oxygens (including phenoxy) is 3. The van der Waals surface area contributed by atoms with Crippen molar-refractivity contribution < 1.29 is 24.1 Å². The molecule has 1 heterocycles. The van der Waals surface area contributed by atoms with Crippen LogP contribution in [-0.2, 0) is 4.79 Å². The first-order valence-electron chi connectivity index (χ1n) is 8.14. The van der Waals surface area contributed by atoms with E-state index >= 15 is 0 Å². The second-order valence-corrected chi connectivity index (χ2v) is 6.68. The number of fused-ring (bicyclic) bond motifs is 1. The molecule has 0 amide bonds. The Bertz CT molecular complexity index is 976. The van der Waals surface area contributed by atoms with E-state index in [9.17, 15) is 9.90 Å². The lowest BCUT2D eigenvalue weighted by Gasteiger charge is -2.14. The Morgan fingerprint density at radius 2 is 1.81 bits per heavy atom. The van der Waals surface area contributed by atoms with E-state index in [2.05, 4.69) is 4.98 Å². The molecule has 6 nitrogen and oxygen atoms in total. The first kappa shape index (κ1) is 18.7. The summed E-state index contributed by atoms with van der Waals surface area (Å²) in [6.07, 6.45) is 1.62. The highest BCUT2D eigenvalue weighted by Crippen LogP contribution is 2.41. The number of para-hydroxylation sites is 1. The Kier molecular flexibility index (Phi) is 5.61. The van der Waals surface area contributed by atoms with Crippen LogP contribution in [0.1, 0.15) is 17.0 Å². The second kappa shape index (κ2) is 8.09. The molecule has 3 aromatic rings. The smallest absolute Gasteiger partial charge is 0.307 e. The number of carboxylic acids is 1. The third-order valence-electron chi connectivity index (χ3n) is 3.97. The molecule has 0 saturated carbocycles. The first-order chi connectivity index (χ1) is 13.1. The van der Waals surface area contributed by atoms with Crippen LogP contribution in [-0.4, -0.2) is 37.4 Å². The molecular weight excluding hydrogens is 366 g/mol. The fraction of sp³-hybridized carbons (Fsp3) is 0.200. The molecule has 2 aromatic carbocycles. The van der Waals surface area contributed by atoms with Crippen LogP contribution in [0.4, 0.5) is 0 Å². The number of methoxy groups -OCH3 is 3. The van der Waals surface area contributed by atoms with E-state index in [-0.39, 0.29) is 6.42 Å². The van der Waals surface area contributed by atoms with Gasteiger partial charge < -0.3 is 19.3 Å². The lowest BCUT2D eigenvalue weighted by atomic mass is 10.1. The van der Waals surface area contributed by atoms with Gasteiger partial charge in [-0.25, -0.2) is 4.98 Å². The highest BCUT2D eigenvalue weighted by atomic mass is 32.1. The number of hydrogen-bond donors (Lipinski definition) is 1. The van der Waals surface area contributed by atoms with Crippen LogP contribution in [0.3, 0.4) is 0 Å². The van der Waals surface area contributed by atoms with Crippen molar-refractivity contribution in [3.05, 3.63) is 47.0 Å². The fourth-order valence-corrected chi connectivity index (χ4v) is 3.77. The van der Waals surface area contributed by atoms with Crippen molar-refractivity contribution in [2.45, 2.75) is 6.42 Å². The minimum atomic E-state index is -0.931. The van der Waals surface area contributed by atoms with Crippen LogP contribution >= 0.6 is 11.3 Å². The molecule has 0 bridgehead atoms. The van der Waals surface area contributed by atoms with Gasteiger partial charge in [0.1, 0.15) is 5.01 Å². The van der Waals surface area contributed by atoms with E-state index < -0.39 is 5.97 Å². The summed E-state index contributed by atoms with van der Waals surface area (Å²) in [5.41, 5.74) is 2.12. The SMILES string of the molecule is COc1ccc(C=C(CC(=O)O)c2nc3ccccc3s2)c(OC)c1OC. The van der Waals surface area contributed by atoms with Gasteiger partial charge in [0.2, 0.25) is 5.75 Å². The Morgan fingerprint density at radius 1 is 1.07 bits per heavy atom. The molecule has 0 unspecified atom stereocenters. The molecule has 1 aromatic heterocycles. The molecule has 0 atom stereocenters. The number of benzene rings is 2. The monoisotopic (exact) mass is 385 g/mol. The number of carbonyl (C=O) groups is 1. The Morgan fingerprint density at radius 3 is 2.44 bits per heavy atom. The number of rotatable bonds is 7. The molecule has 140 valence electrons. The summed E-state index contributed by atoms with van der Waals surface area (Å²) in [7, 11) is 4.60. The number of carboxylic acid groups (broad SMARTS) is 1. The zero-order valence-electron chi connectivity index (χ0n) is 15.2. The minimum absolute atomic E-state index is 0.155. The highest BCUT2D eigenvalue weighted by Gasteiger charge is 2.18. The van der Waals surface area contributed by atoms with Crippen LogP contribution in [0.2, 0.25) is 0 Å². The maximum atomic E-state index is 11.4. The van der Waals surface area contributed by atoms with Gasteiger partial charge in [-0.2, -0.15) is 0 Å². The number of hydrogen-bond acceptors (Lipinski definition) is 6. The maximum Gasteiger partial charge on any atom is 0.307 e. The van der Waals surface area contributed by atoms with Crippen molar-refractivity contribution in [1.82, 2.24) is 4.98 Å². The van der Waals surface area contributed by atoms with E-state index in [1.165, 1.54) is 25.6 Å². The number of aromatic nitrogens is 1. The van der Waals surface area contributed by atoms with E-state index in [0.717, 1.165) is 10.2 Å². The average Bonchev–Trinajstić information content (AvgIpc) is 3.10. The number of aliphatic carboxylic acids is 1. The fourth-order valence-electron chi connectivity index (χ4n) is 2.79. The van der Waals surface area contributed by atoms with E-state index in [4.69, 9.17) is 14.2 Å². The van der Waals surface area contributed by atoms with Crippen LogP contribution < -0.4 is 14.2 Å². The van der Waals surface area contributed by atoms with Gasteiger partial charge >= 0.3 is 5.97 Å². The van der Waals surface area contributed by atoms with Gasteiger partial charge in [0.05, 0.1) is 38.0 Å². The average molecular weight is 385 g/mol. The van der Waals surface area contributed by atoms with Crippen LogP contribution in [0, 0.1) is 0 Å². The van der Waals surface area contributed by atoms with Gasteiger partial charge in [-0.1, -0.05) is 12.1 Å². The molecule has 27 heavy (non-hydrogen) atoms. The normalized spacial score (nSPS) is 11.4. The molecule has 1 N–H and O–H groups in total.